The van der Waals surface area contributed by atoms with E-state index in [9.17, 15) is 9.18 Å². The van der Waals surface area contributed by atoms with Crippen LogP contribution in [0, 0.1) is 12.7 Å². The molecule has 0 fully saturated rings. The smallest absolute Gasteiger partial charge is 0.225 e. The van der Waals surface area contributed by atoms with Crippen LogP contribution in [0.2, 0.25) is 0 Å². The molecule has 2 rings (SSSR count). The second-order valence-corrected chi connectivity index (χ2v) is 5.51. The predicted octanol–water partition coefficient (Wildman–Crippen LogP) is 3.40. The van der Waals surface area contributed by atoms with Crippen molar-refractivity contribution < 1.29 is 9.18 Å². The van der Waals surface area contributed by atoms with E-state index >= 15 is 0 Å². The van der Waals surface area contributed by atoms with Gasteiger partial charge in [0.2, 0.25) is 5.91 Å². The molecule has 0 aliphatic rings. The Morgan fingerprint density at radius 3 is 2.80 bits per heavy atom. The summed E-state index contributed by atoms with van der Waals surface area (Å²) >= 11 is 1.53. The molecule has 0 aliphatic heterocycles. The van der Waals surface area contributed by atoms with Crippen LogP contribution < -0.4 is 5.32 Å². The van der Waals surface area contributed by atoms with Crippen LogP contribution in [-0.2, 0) is 11.2 Å². The van der Waals surface area contributed by atoms with E-state index < -0.39 is 0 Å². The Hall–Kier alpha value is -1.75. The second kappa shape index (κ2) is 6.61. The molecule has 0 radical (unpaired) electrons. The Labute approximate surface area is 121 Å². The molecular weight excluding hydrogens is 275 g/mol. The number of aryl methyl sites for hydroxylation is 1. The first kappa shape index (κ1) is 14.7. The van der Waals surface area contributed by atoms with Crippen LogP contribution in [0.1, 0.15) is 35.7 Å². The molecule has 106 valence electrons. The quantitative estimate of drug-likeness (QED) is 0.917. The zero-order valence-corrected chi connectivity index (χ0v) is 12.3. The number of rotatable bonds is 5. The van der Waals surface area contributed by atoms with Crippen molar-refractivity contribution in [2.45, 2.75) is 32.7 Å². The molecule has 0 spiro atoms. The number of carbonyl (C=O) groups excluding carboxylic acids is 1. The van der Waals surface area contributed by atoms with Gasteiger partial charge in [0, 0.05) is 11.1 Å². The molecule has 0 saturated heterocycles. The van der Waals surface area contributed by atoms with E-state index in [-0.39, 0.29) is 24.2 Å². The fourth-order valence-corrected chi connectivity index (χ4v) is 2.86. The third-order valence-electron chi connectivity index (χ3n) is 2.99. The summed E-state index contributed by atoms with van der Waals surface area (Å²) in [6.45, 7) is 3.92. The van der Waals surface area contributed by atoms with E-state index in [0.717, 1.165) is 17.1 Å². The standard InChI is InChI=1S/C15H17FN2OS/c1-3-13(15-17-10(2)9-20-15)18-14(19)8-11-6-4-5-7-12(11)16/h4-7,9,13H,3,8H2,1-2H3,(H,18,19). The van der Waals surface area contributed by atoms with Crippen molar-refractivity contribution in [3.63, 3.8) is 0 Å². The normalized spacial score (nSPS) is 12.2. The highest BCUT2D eigenvalue weighted by molar-refractivity contribution is 7.09. The molecule has 20 heavy (non-hydrogen) atoms. The summed E-state index contributed by atoms with van der Waals surface area (Å²) in [7, 11) is 0. The summed E-state index contributed by atoms with van der Waals surface area (Å²) in [5, 5.41) is 5.77. The molecule has 1 heterocycles. The summed E-state index contributed by atoms with van der Waals surface area (Å²) in [5.74, 6) is -0.532. The molecule has 1 amide bonds. The van der Waals surface area contributed by atoms with Crippen LogP contribution in [-0.4, -0.2) is 10.9 Å². The highest BCUT2D eigenvalue weighted by Gasteiger charge is 2.16. The molecule has 1 unspecified atom stereocenters. The third-order valence-corrected chi connectivity index (χ3v) is 4.06. The molecule has 0 aliphatic carbocycles. The van der Waals surface area contributed by atoms with Gasteiger partial charge in [0.1, 0.15) is 10.8 Å². The number of nitrogens with zero attached hydrogens (tertiary/aromatic N) is 1. The van der Waals surface area contributed by atoms with Gasteiger partial charge in [0.25, 0.3) is 0 Å². The maximum atomic E-state index is 13.5. The molecule has 2 aromatic rings. The Kier molecular flexibility index (Phi) is 4.84. The lowest BCUT2D eigenvalue weighted by Gasteiger charge is -2.14. The zero-order chi connectivity index (χ0) is 14.5. The number of nitrogens with one attached hydrogen (secondary N) is 1. The Morgan fingerprint density at radius 1 is 1.45 bits per heavy atom. The number of benzene rings is 1. The van der Waals surface area contributed by atoms with Gasteiger partial charge < -0.3 is 5.32 Å². The molecule has 1 atom stereocenters. The van der Waals surface area contributed by atoms with E-state index in [2.05, 4.69) is 10.3 Å². The van der Waals surface area contributed by atoms with Gasteiger partial charge in [-0.2, -0.15) is 0 Å². The maximum absolute atomic E-state index is 13.5. The molecular formula is C15H17FN2OS. The minimum atomic E-state index is -0.346. The lowest BCUT2D eigenvalue weighted by molar-refractivity contribution is -0.121. The number of thiazole rings is 1. The van der Waals surface area contributed by atoms with E-state index in [1.165, 1.54) is 17.4 Å². The molecule has 1 N–H and O–H groups in total. The van der Waals surface area contributed by atoms with Gasteiger partial charge in [-0.15, -0.1) is 11.3 Å². The summed E-state index contributed by atoms with van der Waals surface area (Å²) < 4.78 is 13.5. The SMILES string of the molecule is CCC(NC(=O)Cc1ccccc1F)c1nc(C)cs1. The van der Waals surface area contributed by atoms with Crippen molar-refractivity contribution in [1.82, 2.24) is 10.3 Å². The Bertz CT molecular complexity index is 597. The van der Waals surface area contributed by atoms with Crippen molar-refractivity contribution in [2.75, 3.05) is 0 Å². The predicted molar refractivity (Wildman–Crippen MR) is 78.1 cm³/mol. The Morgan fingerprint density at radius 2 is 2.20 bits per heavy atom. The van der Waals surface area contributed by atoms with E-state index in [1.54, 1.807) is 18.2 Å². The fraction of sp³-hybridized carbons (Fsp3) is 0.333. The highest BCUT2D eigenvalue weighted by atomic mass is 32.1. The third kappa shape index (κ3) is 3.63. The van der Waals surface area contributed by atoms with E-state index in [4.69, 9.17) is 0 Å². The van der Waals surface area contributed by atoms with Gasteiger partial charge in [-0.1, -0.05) is 25.1 Å². The molecule has 1 aromatic carbocycles. The van der Waals surface area contributed by atoms with E-state index in [1.807, 2.05) is 19.2 Å². The average molecular weight is 292 g/mol. The van der Waals surface area contributed by atoms with Gasteiger partial charge in [-0.25, -0.2) is 9.37 Å². The zero-order valence-electron chi connectivity index (χ0n) is 11.5. The number of amides is 1. The largest absolute Gasteiger partial charge is 0.347 e. The van der Waals surface area contributed by atoms with Gasteiger partial charge in [0.15, 0.2) is 0 Å². The molecule has 1 aromatic heterocycles. The van der Waals surface area contributed by atoms with Crippen molar-refractivity contribution in [2.24, 2.45) is 0 Å². The van der Waals surface area contributed by atoms with Gasteiger partial charge >= 0.3 is 0 Å². The maximum Gasteiger partial charge on any atom is 0.225 e. The fourth-order valence-electron chi connectivity index (χ4n) is 1.93. The average Bonchev–Trinajstić information content (AvgIpc) is 2.85. The first-order valence-corrected chi connectivity index (χ1v) is 7.43. The minimum absolute atomic E-state index is 0.0491. The van der Waals surface area contributed by atoms with Crippen molar-refractivity contribution in [1.29, 1.82) is 0 Å². The Balaban J connectivity index is 2.01. The summed E-state index contributed by atoms with van der Waals surface area (Å²) in [4.78, 5) is 16.4. The molecule has 5 heteroatoms. The topological polar surface area (TPSA) is 42.0 Å². The van der Waals surface area contributed by atoms with Crippen molar-refractivity contribution >= 4 is 17.2 Å². The highest BCUT2D eigenvalue weighted by Crippen LogP contribution is 2.21. The first-order chi connectivity index (χ1) is 9.60. The summed E-state index contributed by atoms with van der Waals surface area (Å²) in [6.07, 6.45) is 0.809. The van der Waals surface area contributed by atoms with Gasteiger partial charge in [-0.3, -0.25) is 4.79 Å². The van der Waals surface area contributed by atoms with Crippen molar-refractivity contribution in [3.8, 4) is 0 Å². The van der Waals surface area contributed by atoms with Crippen molar-refractivity contribution in [3.05, 3.63) is 51.7 Å². The van der Waals surface area contributed by atoms with Gasteiger partial charge in [-0.05, 0) is 25.0 Å². The monoisotopic (exact) mass is 292 g/mol. The number of carbonyl (C=O) groups is 1. The van der Waals surface area contributed by atoms with Crippen LogP contribution in [0.25, 0.3) is 0 Å². The van der Waals surface area contributed by atoms with Crippen LogP contribution in [0.3, 0.4) is 0 Å². The molecule has 3 nitrogen and oxygen atoms in total. The van der Waals surface area contributed by atoms with Crippen LogP contribution >= 0.6 is 11.3 Å². The lowest BCUT2D eigenvalue weighted by Crippen LogP contribution is -2.29. The van der Waals surface area contributed by atoms with Crippen LogP contribution in [0.5, 0.6) is 0 Å². The number of hydrogen-bond acceptors (Lipinski definition) is 3. The summed E-state index contributed by atoms with van der Waals surface area (Å²) in [6, 6.07) is 6.23. The van der Waals surface area contributed by atoms with E-state index in [0.29, 0.717) is 5.56 Å². The molecule has 0 saturated carbocycles. The number of halogens is 1. The first-order valence-electron chi connectivity index (χ1n) is 6.55. The molecule has 0 bridgehead atoms. The van der Waals surface area contributed by atoms with Crippen LogP contribution in [0.15, 0.2) is 29.6 Å². The summed E-state index contributed by atoms with van der Waals surface area (Å²) in [5.41, 5.74) is 1.36. The minimum Gasteiger partial charge on any atom is -0.347 e. The number of aromatic nitrogens is 1. The van der Waals surface area contributed by atoms with Crippen LogP contribution in [0.4, 0.5) is 4.39 Å². The lowest BCUT2D eigenvalue weighted by atomic mass is 10.1. The second-order valence-electron chi connectivity index (χ2n) is 4.62. The number of hydrogen-bond donors (Lipinski definition) is 1. The van der Waals surface area contributed by atoms with Gasteiger partial charge in [0.05, 0.1) is 12.5 Å².